The molecule has 1 unspecified atom stereocenters. The van der Waals surface area contributed by atoms with Crippen molar-refractivity contribution < 1.29 is 4.79 Å². The Balaban J connectivity index is 2.65. The first-order valence-corrected chi connectivity index (χ1v) is 5.20. The molecule has 0 radical (unpaired) electrons. The molecule has 0 bridgehead atoms. The smallest absolute Gasteiger partial charge is 0.184 e. The average Bonchev–Trinajstić information content (AvgIpc) is 2.26. The molecular weight excluding hydrogens is 186 g/mol. The van der Waals surface area contributed by atoms with Gasteiger partial charge in [0.15, 0.2) is 5.78 Å². The summed E-state index contributed by atoms with van der Waals surface area (Å²) in [6, 6.07) is 5.42. The molecule has 0 N–H and O–H groups in total. The van der Waals surface area contributed by atoms with Gasteiger partial charge in [-0.1, -0.05) is 24.6 Å². The highest BCUT2D eigenvalue weighted by atomic mass is 16.1. The fourth-order valence-corrected chi connectivity index (χ4v) is 1.28. The topological polar surface area (TPSA) is 30.0 Å². The van der Waals surface area contributed by atoms with Gasteiger partial charge in [-0.25, -0.2) is 0 Å². The van der Waals surface area contributed by atoms with Gasteiger partial charge < -0.3 is 0 Å². The molecule has 1 atom stereocenters. The van der Waals surface area contributed by atoms with Gasteiger partial charge in [-0.15, -0.1) is 0 Å². The number of carbonyl (C=O) groups is 1. The fraction of sp³-hybridized carbons (Fsp3) is 0.385. The third-order valence-corrected chi connectivity index (χ3v) is 2.24. The Bertz CT molecular complexity index is 350. The molecule has 15 heavy (non-hydrogen) atoms. The van der Waals surface area contributed by atoms with Crippen LogP contribution in [0.3, 0.4) is 0 Å². The quantitative estimate of drug-likeness (QED) is 0.555. The van der Waals surface area contributed by atoms with Crippen LogP contribution in [-0.4, -0.2) is 10.8 Å². The number of carbonyl (C=O) groups excluding carboxylic acids is 1. The summed E-state index contributed by atoms with van der Waals surface area (Å²) < 4.78 is 0. The van der Waals surface area contributed by atoms with E-state index in [4.69, 9.17) is 0 Å². The Morgan fingerprint density at radius 2 is 2.20 bits per heavy atom. The summed E-state index contributed by atoms with van der Waals surface area (Å²) in [7, 11) is 0. The van der Waals surface area contributed by atoms with E-state index < -0.39 is 0 Å². The van der Waals surface area contributed by atoms with Crippen LogP contribution < -0.4 is 0 Å². The Morgan fingerprint density at radius 1 is 1.47 bits per heavy atom. The van der Waals surface area contributed by atoms with Crippen molar-refractivity contribution in [1.29, 1.82) is 0 Å². The molecule has 2 nitrogen and oxygen atoms in total. The van der Waals surface area contributed by atoms with E-state index in [9.17, 15) is 4.79 Å². The van der Waals surface area contributed by atoms with E-state index in [-0.39, 0.29) is 11.7 Å². The van der Waals surface area contributed by atoms with E-state index in [1.165, 1.54) is 5.57 Å². The van der Waals surface area contributed by atoms with Crippen LogP contribution in [0.25, 0.3) is 0 Å². The zero-order valence-corrected chi connectivity index (χ0v) is 9.53. The number of nitrogens with zero attached hydrogens (tertiary/aromatic N) is 1. The minimum Gasteiger partial charge on any atom is -0.292 e. The first kappa shape index (κ1) is 11.6. The van der Waals surface area contributed by atoms with Crippen LogP contribution in [0, 0.1) is 5.92 Å². The Labute approximate surface area is 91.0 Å². The van der Waals surface area contributed by atoms with Gasteiger partial charge in [0.25, 0.3) is 0 Å². The molecule has 80 valence electrons. The molecule has 0 saturated carbocycles. The maximum atomic E-state index is 11.9. The second-order valence-corrected chi connectivity index (χ2v) is 4.00. The number of aromatic nitrogens is 1. The van der Waals surface area contributed by atoms with E-state index in [2.05, 4.69) is 11.1 Å². The second kappa shape index (κ2) is 5.44. The van der Waals surface area contributed by atoms with Crippen LogP contribution in [0.5, 0.6) is 0 Å². The van der Waals surface area contributed by atoms with Crippen molar-refractivity contribution in [3.8, 4) is 0 Å². The largest absolute Gasteiger partial charge is 0.292 e. The number of hydrogen-bond acceptors (Lipinski definition) is 2. The lowest BCUT2D eigenvalue weighted by Gasteiger charge is -2.06. The van der Waals surface area contributed by atoms with Crippen LogP contribution >= 0.6 is 0 Å². The molecule has 2 heteroatoms. The molecule has 1 aromatic heterocycles. The number of ketones is 1. The van der Waals surface area contributed by atoms with Crippen LogP contribution in [0.1, 0.15) is 37.7 Å². The van der Waals surface area contributed by atoms with Gasteiger partial charge in [0, 0.05) is 12.1 Å². The Kier molecular flexibility index (Phi) is 4.22. The third-order valence-electron chi connectivity index (χ3n) is 2.24. The lowest BCUT2D eigenvalue weighted by atomic mass is 9.99. The summed E-state index contributed by atoms with van der Waals surface area (Å²) in [5, 5.41) is 0. The second-order valence-electron chi connectivity index (χ2n) is 4.00. The summed E-state index contributed by atoms with van der Waals surface area (Å²) in [6.45, 7) is 6.02. The summed E-state index contributed by atoms with van der Waals surface area (Å²) in [5.41, 5.74) is 1.81. The molecule has 0 fully saturated rings. The van der Waals surface area contributed by atoms with E-state index in [0.29, 0.717) is 5.69 Å². The number of Topliss-reactive ketones (excluding diaryl/α,β-unsaturated/α-hetero) is 1. The van der Waals surface area contributed by atoms with Crippen LogP contribution in [0.4, 0.5) is 0 Å². The highest BCUT2D eigenvalue weighted by Crippen LogP contribution is 2.11. The number of pyridine rings is 1. The highest BCUT2D eigenvalue weighted by molar-refractivity contribution is 5.95. The highest BCUT2D eigenvalue weighted by Gasteiger charge is 2.14. The Morgan fingerprint density at radius 3 is 2.73 bits per heavy atom. The van der Waals surface area contributed by atoms with Crippen molar-refractivity contribution in [3.05, 3.63) is 41.7 Å². The zero-order valence-electron chi connectivity index (χ0n) is 9.53. The maximum Gasteiger partial charge on any atom is 0.184 e. The van der Waals surface area contributed by atoms with E-state index in [0.717, 1.165) is 6.42 Å². The van der Waals surface area contributed by atoms with Gasteiger partial charge in [0.1, 0.15) is 5.69 Å². The van der Waals surface area contributed by atoms with E-state index in [1.54, 1.807) is 12.3 Å². The number of allylic oxidation sites excluding steroid dienone is 2. The lowest BCUT2D eigenvalue weighted by molar-refractivity contribution is 0.0926. The zero-order chi connectivity index (χ0) is 11.3. The molecule has 1 rings (SSSR count). The lowest BCUT2D eigenvalue weighted by Crippen LogP contribution is -2.12. The summed E-state index contributed by atoms with van der Waals surface area (Å²) >= 11 is 0. The summed E-state index contributed by atoms with van der Waals surface area (Å²) in [6.07, 6.45) is 4.53. The SMILES string of the molecule is CC(C)=CCC(C)C(=O)c1ccccn1. The average molecular weight is 203 g/mol. The van der Waals surface area contributed by atoms with Crippen molar-refractivity contribution in [2.75, 3.05) is 0 Å². The van der Waals surface area contributed by atoms with Crippen molar-refractivity contribution in [2.45, 2.75) is 27.2 Å². The van der Waals surface area contributed by atoms with Crippen molar-refractivity contribution >= 4 is 5.78 Å². The van der Waals surface area contributed by atoms with Crippen LogP contribution in [-0.2, 0) is 0 Å². The van der Waals surface area contributed by atoms with Gasteiger partial charge in [0.05, 0.1) is 0 Å². The van der Waals surface area contributed by atoms with Crippen LogP contribution in [0.2, 0.25) is 0 Å². The summed E-state index contributed by atoms with van der Waals surface area (Å²) in [5.74, 6) is 0.128. The molecule has 1 heterocycles. The standard InChI is InChI=1S/C13H17NO/c1-10(2)7-8-11(3)13(15)12-6-4-5-9-14-12/h4-7,9,11H,8H2,1-3H3. The molecule has 0 saturated heterocycles. The molecule has 1 aromatic rings. The first-order valence-electron chi connectivity index (χ1n) is 5.20. The molecule has 0 aliphatic rings. The van der Waals surface area contributed by atoms with Crippen molar-refractivity contribution in [1.82, 2.24) is 4.98 Å². The molecule has 0 amide bonds. The van der Waals surface area contributed by atoms with Gasteiger partial charge in [0.2, 0.25) is 0 Å². The minimum absolute atomic E-state index is 0.00907. The van der Waals surface area contributed by atoms with E-state index in [1.807, 2.05) is 32.9 Å². The predicted molar refractivity (Wildman–Crippen MR) is 61.8 cm³/mol. The third kappa shape index (κ3) is 3.66. The molecule has 0 spiro atoms. The monoisotopic (exact) mass is 203 g/mol. The summed E-state index contributed by atoms with van der Waals surface area (Å²) in [4.78, 5) is 15.9. The van der Waals surface area contributed by atoms with Crippen molar-refractivity contribution in [2.24, 2.45) is 5.92 Å². The molecule has 0 aliphatic carbocycles. The molecule has 0 aromatic carbocycles. The minimum atomic E-state index is 0.00907. The van der Waals surface area contributed by atoms with Gasteiger partial charge in [-0.2, -0.15) is 0 Å². The van der Waals surface area contributed by atoms with Crippen LogP contribution in [0.15, 0.2) is 36.0 Å². The normalized spacial score (nSPS) is 11.9. The van der Waals surface area contributed by atoms with Crippen molar-refractivity contribution in [3.63, 3.8) is 0 Å². The van der Waals surface area contributed by atoms with Gasteiger partial charge in [-0.05, 0) is 32.4 Å². The molecular formula is C13H17NO. The maximum absolute atomic E-state index is 11.9. The predicted octanol–water partition coefficient (Wildman–Crippen LogP) is 3.26. The number of rotatable bonds is 4. The van der Waals surface area contributed by atoms with E-state index >= 15 is 0 Å². The number of hydrogen-bond donors (Lipinski definition) is 0. The van der Waals surface area contributed by atoms with Gasteiger partial charge >= 0.3 is 0 Å². The molecule has 0 aliphatic heterocycles. The fourth-order valence-electron chi connectivity index (χ4n) is 1.28. The Hall–Kier alpha value is -1.44. The first-order chi connectivity index (χ1) is 7.11. The van der Waals surface area contributed by atoms with Gasteiger partial charge in [-0.3, -0.25) is 9.78 Å².